The Morgan fingerprint density at radius 3 is 2.76 bits per heavy atom. The van der Waals surface area contributed by atoms with Crippen LogP contribution in [0.4, 0.5) is 0 Å². The van der Waals surface area contributed by atoms with Gasteiger partial charge in [0.1, 0.15) is 11.5 Å². The maximum absolute atomic E-state index is 5.90. The molecule has 0 bridgehead atoms. The van der Waals surface area contributed by atoms with E-state index >= 15 is 0 Å². The summed E-state index contributed by atoms with van der Waals surface area (Å²) >= 11 is 0. The smallest absolute Gasteiger partial charge is 0.124 e. The Morgan fingerprint density at radius 1 is 1.35 bits per heavy atom. The molecule has 3 heteroatoms. The molecule has 1 aromatic carbocycles. The van der Waals surface area contributed by atoms with Gasteiger partial charge in [0.05, 0.1) is 13.7 Å². The molecule has 0 saturated heterocycles. The molecule has 94 valence electrons. The Labute approximate surface area is 103 Å². The Morgan fingerprint density at radius 2 is 2.18 bits per heavy atom. The first-order valence-electron chi connectivity index (χ1n) is 6.28. The fourth-order valence-electron chi connectivity index (χ4n) is 2.02. The van der Waals surface area contributed by atoms with Crippen molar-refractivity contribution in [3.05, 3.63) is 23.8 Å². The zero-order chi connectivity index (χ0) is 12.1. The summed E-state index contributed by atoms with van der Waals surface area (Å²) in [5.41, 5.74) is 1.16. The van der Waals surface area contributed by atoms with E-state index < -0.39 is 0 Å². The number of hydrogen-bond acceptors (Lipinski definition) is 3. The van der Waals surface area contributed by atoms with Crippen LogP contribution >= 0.6 is 0 Å². The van der Waals surface area contributed by atoms with Gasteiger partial charge >= 0.3 is 0 Å². The molecule has 1 saturated carbocycles. The van der Waals surface area contributed by atoms with Gasteiger partial charge in [-0.1, -0.05) is 6.42 Å². The summed E-state index contributed by atoms with van der Waals surface area (Å²) in [7, 11) is 3.63. The summed E-state index contributed by atoms with van der Waals surface area (Å²) in [6.07, 6.45) is 4.00. The summed E-state index contributed by atoms with van der Waals surface area (Å²) < 4.78 is 11.1. The average molecular weight is 235 g/mol. The zero-order valence-corrected chi connectivity index (χ0v) is 10.7. The third-order valence-corrected chi connectivity index (χ3v) is 3.33. The van der Waals surface area contributed by atoms with Gasteiger partial charge in [-0.25, -0.2) is 0 Å². The molecule has 0 heterocycles. The van der Waals surface area contributed by atoms with Crippen LogP contribution in [0.3, 0.4) is 0 Å². The fraction of sp³-hybridized carbons (Fsp3) is 0.571. The first kappa shape index (κ1) is 12.2. The first-order chi connectivity index (χ1) is 8.33. The van der Waals surface area contributed by atoms with Gasteiger partial charge in [0.15, 0.2) is 0 Å². The van der Waals surface area contributed by atoms with Crippen molar-refractivity contribution in [2.75, 3.05) is 20.8 Å². The van der Waals surface area contributed by atoms with E-state index in [9.17, 15) is 0 Å². The van der Waals surface area contributed by atoms with E-state index in [0.717, 1.165) is 36.1 Å². The predicted molar refractivity (Wildman–Crippen MR) is 68.6 cm³/mol. The van der Waals surface area contributed by atoms with Gasteiger partial charge in [-0.05, 0) is 44.0 Å². The van der Waals surface area contributed by atoms with E-state index in [0.29, 0.717) is 0 Å². The molecule has 1 aliphatic carbocycles. The average Bonchev–Trinajstić information content (AvgIpc) is 2.29. The summed E-state index contributed by atoms with van der Waals surface area (Å²) in [5.74, 6) is 2.62. The summed E-state index contributed by atoms with van der Waals surface area (Å²) in [4.78, 5) is 0. The van der Waals surface area contributed by atoms with Crippen LogP contribution in [-0.4, -0.2) is 20.8 Å². The molecule has 0 amide bonds. The molecule has 0 spiro atoms. The highest BCUT2D eigenvalue weighted by atomic mass is 16.5. The highest BCUT2D eigenvalue weighted by Crippen LogP contribution is 2.29. The largest absolute Gasteiger partial charge is 0.497 e. The topological polar surface area (TPSA) is 30.5 Å². The summed E-state index contributed by atoms with van der Waals surface area (Å²) in [5, 5.41) is 3.16. The lowest BCUT2D eigenvalue weighted by Gasteiger charge is -2.25. The minimum absolute atomic E-state index is 0.763. The van der Waals surface area contributed by atoms with Crippen LogP contribution in [0.25, 0.3) is 0 Å². The molecule has 0 atom stereocenters. The Balaban J connectivity index is 2.02. The van der Waals surface area contributed by atoms with E-state index in [1.165, 1.54) is 19.3 Å². The maximum atomic E-state index is 5.90. The number of ether oxygens (including phenoxy) is 2. The lowest BCUT2D eigenvalue weighted by Crippen LogP contribution is -2.20. The Bertz CT molecular complexity index is 361. The van der Waals surface area contributed by atoms with Crippen molar-refractivity contribution in [3.8, 4) is 11.5 Å². The lowest BCUT2D eigenvalue weighted by atomic mass is 9.86. The van der Waals surface area contributed by atoms with Crippen LogP contribution in [0.2, 0.25) is 0 Å². The molecule has 1 aromatic rings. The van der Waals surface area contributed by atoms with E-state index in [-0.39, 0.29) is 0 Å². The molecule has 3 nitrogen and oxygen atoms in total. The second-order valence-electron chi connectivity index (χ2n) is 4.61. The molecule has 0 aromatic heterocycles. The van der Waals surface area contributed by atoms with Gasteiger partial charge < -0.3 is 14.8 Å². The minimum atomic E-state index is 0.763. The van der Waals surface area contributed by atoms with Crippen molar-refractivity contribution < 1.29 is 9.47 Å². The van der Waals surface area contributed by atoms with Gasteiger partial charge in [-0.3, -0.25) is 0 Å². The van der Waals surface area contributed by atoms with Crippen molar-refractivity contribution in [2.24, 2.45) is 5.92 Å². The van der Waals surface area contributed by atoms with Crippen molar-refractivity contribution in [2.45, 2.75) is 25.8 Å². The van der Waals surface area contributed by atoms with Crippen molar-refractivity contribution in [3.63, 3.8) is 0 Å². The van der Waals surface area contributed by atoms with Crippen LogP contribution in [-0.2, 0) is 6.54 Å². The summed E-state index contributed by atoms with van der Waals surface area (Å²) in [6, 6.07) is 5.99. The van der Waals surface area contributed by atoms with Crippen LogP contribution < -0.4 is 14.8 Å². The molecule has 0 aliphatic heterocycles. The van der Waals surface area contributed by atoms with Crippen molar-refractivity contribution in [1.29, 1.82) is 0 Å². The molecule has 1 fully saturated rings. The van der Waals surface area contributed by atoms with Crippen LogP contribution in [0, 0.1) is 5.92 Å². The van der Waals surface area contributed by atoms with Gasteiger partial charge in [0, 0.05) is 12.1 Å². The van der Waals surface area contributed by atoms with Gasteiger partial charge in [0.2, 0.25) is 0 Å². The number of hydrogen-bond donors (Lipinski definition) is 1. The third kappa shape index (κ3) is 3.13. The number of methoxy groups -OCH3 is 1. The molecular weight excluding hydrogens is 214 g/mol. The van der Waals surface area contributed by atoms with E-state index in [2.05, 4.69) is 5.32 Å². The standard InChI is InChI=1S/C14H21NO2/c1-15-9-12-8-13(16-2)6-7-14(12)17-10-11-4-3-5-11/h6-8,11,15H,3-5,9-10H2,1-2H3. The monoisotopic (exact) mass is 235 g/mol. The normalized spacial score (nSPS) is 15.4. The summed E-state index contributed by atoms with van der Waals surface area (Å²) in [6.45, 7) is 1.65. The minimum Gasteiger partial charge on any atom is -0.497 e. The van der Waals surface area contributed by atoms with Gasteiger partial charge in [-0.15, -0.1) is 0 Å². The van der Waals surface area contributed by atoms with Gasteiger partial charge in [-0.2, -0.15) is 0 Å². The fourth-order valence-corrected chi connectivity index (χ4v) is 2.02. The second kappa shape index (κ2) is 5.92. The van der Waals surface area contributed by atoms with Crippen LogP contribution in [0.5, 0.6) is 11.5 Å². The molecule has 1 N–H and O–H groups in total. The molecule has 0 radical (unpaired) electrons. The van der Waals surface area contributed by atoms with Crippen molar-refractivity contribution in [1.82, 2.24) is 5.32 Å². The van der Waals surface area contributed by atoms with E-state index in [1.807, 2.05) is 25.2 Å². The van der Waals surface area contributed by atoms with Crippen molar-refractivity contribution >= 4 is 0 Å². The van der Waals surface area contributed by atoms with E-state index in [1.54, 1.807) is 7.11 Å². The Hall–Kier alpha value is -1.22. The molecule has 1 aliphatic rings. The number of benzene rings is 1. The second-order valence-corrected chi connectivity index (χ2v) is 4.61. The highest BCUT2D eigenvalue weighted by Gasteiger charge is 2.18. The third-order valence-electron chi connectivity index (χ3n) is 3.33. The van der Waals surface area contributed by atoms with Crippen LogP contribution in [0.15, 0.2) is 18.2 Å². The molecular formula is C14H21NO2. The van der Waals surface area contributed by atoms with E-state index in [4.69, 9.17) is 9.47 Å². The van der Waals surface area contributed by atoms with Gasteiger partial charge in [0.25, 0.3) is 0 Å². The number of rotatable bonds is 6. The van der Waals surface area contributed by atoms with Crippen LogP contribution in [0.1, 0.15) is 24.8 Å². The quantitative estimate of drug-likeness (QED) is 0.822. The lowest BCUT2D eigenvalue weighted by molar-refractivity contribution is 0.179. The SMILES string of the molecule is CNCc1cc(OC)ccc1OCC1CCC1. The zero-order valence-electron chi connectivity index (χ0n) is 10.7. The number of nitrogens with one attached hydrogen (secondary N) is 1. The molecule has 0 unspecified atom stereocenters. The first-order valence-corrected chi connectivity index (χ1v) is 6.28. The predicted octanol–water partition coefficient (Wildman–Crippen LogP) is 2.59. The Kier molecular flexibility index (Phi) is 4.26. The molecule has 17 heavy (non-hydrogen) atoms. The molecule has 2 rings (SSSR count). The maximum Gasteiger partial charge on any atom is 0.124 e. The highest BCUT2D eigenvalue weighted by molar-refractivity contribution is 5.40.